The van der Waals surface area contributed by atoms with E-state index in [2.05, 4.69) is 0 Å². The van der Waals surface area contributed by atoms with Crippen molar-refractivity contribution in [3.05, 3.63) is 88.3 Å². The van der Waals surface area contributed by atoms with Crippen LogP contribution in [0.3, 0.4) is 0 Å². The Kier molecular flexibility index (Phi) is 4.28. The molecule has 0 saturated carbocycles. The van der Waals surface area contributed by atoms with Crippen molar-refractivity contribution < 1.29 is 23.1 Å². The third-order valence-electron chi connectivity index (χ3n) is 4.27. The molecule has 0 radical (unpaired) electrons. The normalized spacial score (nSPS) is 14.3. The number of allylic oxidation sites excluding steroid dienone is 1. The zero-order valence-corrected chi connectivity index (χ0v) is 14.9. The number of ketones is 1. The van der Waals surface area contributed by atoms with Crippen LogP contribution >= 0.6 is 0 Å². The van der Waals surface area contributed by atoms with E-state index >= 15 is 0 Å². The molecule has 0 bridgehead atoms. The molecule has 3 aromatic rings. The molecule has 1 aliphatic rings. The van der Waals surface area contributed by atoms with Gasteiger partial charge in [-0.25, -0.2) is 4.39 Å². The minimum atomic E-state index is -0.307. The molecule has 27 heavy (non-hydrogen) atoms. The minimum absolute atomic E-state index is 0.187. The lowest BCUT2D eigenvalue weighted by Crippen LogP contribution is -2.00. The van der Waals surface area contributed by atoms with Crippen LogP contribution in [0.1, 0.15) is 33.0 Å². The van der Waals surface area contributed by atoms with E-state index in [0.29, 0.717) is 22.8 Å². The number of hydrogen-bond acceptors (Lipinski definition) is 4. The Hall–Kier alpha value is -3.34. The number of halogens is 1. The van der Waals surface area contributed by atoms with Crippen molar-refractivity contribution in [2.75, 3.05) is 0 Å². The van der Waals surface area contributed by atoms with E-state index in [0.717, 1.165) is 16.9 Å². The van der Waals surface area contributed by atoms with Gasteiger partial charge in [-0.05, 0) is 55.3 Å². The molecule has 4 nitrogen and oxygen atoms in total. The Bertz CT molecular complexity index is 1060. The van der Waals surface area contributed by atoms with E-state index in [1.54, 1.807) is 36.4 Å². The number of benzene rings is 2. The van der Waals surface area contributed by atoms with Crippen molar-refractivity contribution in [2.24, 2.45) is 0 Å². The summed E-state index contributed by atoms with van der Waals surface area (Å²) in [5, 5.41) is 0. The highest BCUT2D eigenvalue weighted by molar-refractivity contribution is 6.15. The molecule has 2 heterocycles. The summed E-state index contributed by atoms with van der Waals surface area (Å²) in [6.45, 7) is 3.88. The van der Waals surface area contributed by atoms with Gasteiger partial charge in [-0.15, -0.1) is 0 Å². The Morgan fingerprint density at radius 2 is 1.96 bits per heavy atom. The number of hydrogen-bond donors (Lipinski definition) is 0. The van der Waals surface area contributed by atoms with Gasteiger partial charge in [-0.1, -0.05) is 12.1 Å². The summed E-state index contributed by atoms with van der Waals surface area (Å²) >= 11 is 0. The standard InChI is InChI=1S/C22H17FO4/c1-13-8-18(25-12-15-4-3-5-16(23)9-15)11-19-21(13)22(24)20(27-19)10-17-7-6-14(2)26-17/h3-11H,12H2,1-2H3/b20-10-. The molecule has 0 aliphatic carbocycles. The van der Waals surface area contributed by atoms with Gasteiger partial charge in [0.05, 0.1) is 5.56 Å². The molecule has 5 heteroatoms. The Morgan fingerprint density at radius 1 is 1.11 bits per heavy atom. The highest BCUT2D eigenvalue weighted by Gasteiger charge is 2.30. The first-order valence-corrected chi connectivity index (χ1v) is 8.52. The molecule has 0 N–H and O–H groups in total. The number of ether oxygens (including phenoxy) is 2. The van der Waals surface area contributed by atoms with E-state index in [9.17, 15) is 9.18 Å². The van der Waals surface area contributed by atoms with E-state index in [1.807, 2.05) is 19.9 Å². The van der Waals surface area contributed by atoms with Gasteiger partial charge in [-0.3, -0.25) is 4.79 Å². The number of Topliss-reactive ketones (excluding diaryl/α,β-unsaturated/α-hetero) is 1. The second-order valence-corrected chi connectivity index (χ2v) is 6.42. The Morgan fingerprint density at radius 3 is 2.70 bits per heavy atom. The smallest absolute Gasteiger partial charge is 0.232 e. The van der Waals surface area contributed by atoms with Crippen molar-refractivity contribution in [3.8, 4) is 11.5 Å². The van der Waals surface area contributed by atoms with Gasteiger partial charge in [0, 0.05) is 12.1 Å². The van der Waals surface area contributed by atoms with Gasteiger partial charge in [0.1, 0.15) is 35.4 Å². The average Bonchev–Trinajstić information content (AvgIpc) is 3.17. The molecule has 2 aromatic carbocycles. The summed E-state index contributed by atoms with van der Waals surface area (Å²) in [4.78, 5) is 12.6. The quantitative estimate of drug-likeness (QED) is 0.595. The van der Waals surface area contributed by atoms with Crippen molar-refractivity contribution in [3.63, 3.8) is 0 Å². The van der Waals surface area contributed by atoms with E-state index in [1.165, 1.54) is 12.1 Å². The summed E-state index contributed by atoms with van der Waals surface area (Å²) in [5.41, 5.74) is 1.99. The summed E-state index contributed by atoms with van der Waals surface area (Å²) in [6.07, 6.45) is 1.59. The molecule has 1 aliphatic heterocycles. The van der Waals surface area contributed by atoms with Gasteiger partial charge in [-0.2, -0.15) is 0 Å². The van der Waals surface area contributed by atoms with Crippen LogP contribution in [0, 0.1) is 19.7 Å². The van der Waals surface area contributed by atoms with Crippen molar-refractivity contribution in [1.82, 2.24) is 0 Å². The number of fused-ring (bicyclic) bond motifs is 1. The lowest BCUT2D eigenvalue weighted by Gasteiger charge is -2.09. The maximum Gasteiger partial charge on any atom is 0.232 e. The molecular formula is C22H17FO4. The molecule has 0 unspecified atom stereocenters. The second kappa shape index (κ2) is 6.76. The number of rotatable bonds is 4. The molecule has 0 fully saturated rings. The second-order valence-electron chi connectivity index (χ2n) is 6.42. The summed E-state index contributed by atoms with van der Waals surface area (Å²) in [5.74, 6) is 2.04. The lowest BCUT2D eigenvalue weighted by molar-refractivity contribution is 0.101. The zero-order valence-electron chi connectivity index (χ0n) is 14.9. The van der Waals surface area contributed by atoms with Gasteiger partial charge < -0.3 is 13.9 Å². The summed E-state index contributed by atoms with van der Waals surface area (Å²) in [7, 11) is 0. The molecule has 0 spiro atoms. The van der Waals surface area contributed by atoms with Crippen LogP contribution in [0.4, 0.5) is 4.39 Å². The fraction of sp³-hybridized carbons (Fsp3) is 0.136. The Balaban J connectivity index is 1.57. The number of furan rings is 1. The van der Waals surface area contributed by atoms with Crippen LogP contribution in [0.25, 0.3) is 6.08 Å². The third kappa shape index (κ3) is 3.49. The molecule has 0 atom stereocenters. The molecular weight excluding hydrogens is 347 g/mol. The largest absolute Gasteiger partial charge is 0.489 e. The highest BCUT2D eigenvalue weighted by Crippen LogP contribution is 2.37. The molecule has 4 rings (SSSR count). The molecule has 136 valence electrons. The summed E-state index contributed by atoms with van der Waals surface area (Å²) in [6, 6.07) is 13.3. The first-order chi connectivity index (χ1) is 13.0. The topological polar surface area (TPSA) is 48.7 Å². The fourth-order valence-electron chi connectivity index (χ4n) is 3.01. The van der Waals surface area contributed by atoms with Gasteiger partial charge >= 0.3 is 0 Å². The third-order valence-corrected chi connectivity index (χ3v) is 4.27. The van der Waals surface area contributed by atoms with E-state index < -0.39 is 0 Å². The molecule has 0 saturated heterocycles. The maximum atomic E-state index is 13.3. The number of carbonyl (C=O) groups excluding carboxylic acids is 1. The lowest BCUT2D eigenvalue weighted by atomic mass is 10.0. The predicted molar refractivity (Wildman–Crippen MR) is 98.3 cm³/mol. The zero-order chi connectivity index (χ0) is 19.0. The van der Waals surface area contributed by atoms with E-state index in [4.69, 9.17) is 13.9 Å². The maximum absolute atomic E-state index is 13.3. The van der Waals surface area contributed by atoms with Crippen molar-refractivity contribution in [1.29, 1.82) is 0 Å². The van der Waals surface area contributed by atoms with Gasteiger partial charge in [0.2, 0.25) is 5.78 Å². The van der Waals surface area contributed by atoms with Crippen LogP contribution in [-0.4, -0.2) is 5.78 Å². The van der Waals surface area contributed by atoms with Crippen LogP contribution in [0.15, 0.2) is 58.7 Å². The van der Waals surface area contributed by atoms with Crippen molar-refractivity contribution in [2.45, 2.75) is 20.5 Å². The monoisotopic (exact) mass is 364 g/mol. The SMILES string of the molecule is Cc1ccc(/C=C2\Oc3cc(OCc4cccc(F)c4)cc(C)c3C2=O)o1. The average molecular weight is 364 g/mol. The first kappa shape index (κ1) is 17.1. The van der Waals surface area contributed by atoms with Crippen LogP contribution in [-0.2, 0) is 6.61 Å². The highest BCUT2D eigenvalue weighted by atomic mass is 19.1. The molecule has 1 aromatic heterocycles. The summed E-state index contributed by atoms with van der Waals surface area (Å²) < 4.78 is 30.2. The Labute approximate surface area is 155 Å². The predicted octanol–water partition coefficient (Wildman–Crippen LogP) is 5.23. The molecule has 0 amide bonds. The van der Waals surface area contributed by atoms with Crippen LogP contribution in [0.2, 0.25) is 0 Å². The number of aryl methyl sites for hydroxylation is 2. The minimum Gasteiger partial charge on any atom is -0.489 e. The van der Waals surface area contributed by atoms with Crippen LogP contribution < -0.4 is 9.47 Å². The first-order valence-electron chi connectivity index (χ1n) is 8.52. The van der Waals surface area contributed by atoms with Gasteiger partial charge in [0.15, 0.2) is 5.76 Å². The fourth-order valence-corrected chi connectivity index (χ4v) is 3.01. The number of carbonyl (C=O) groups is 1. The van der Waals surface area contributed by atoms with Crippen LogP contribution in [0.5, 0.6) is 11.5 Å². The van der Waals surface area contributed by atoms with Gasteiger partial charge in [0.25, 0.3) is 0 Å². The van der Waals surface area contributed by atoms with E-state index in [-0.39, 0.29) is 24.0 Å². The van der Waals surface area contributed by atoms with Crippen molar-refractivity contribution >= 4 is 11.9 Å².